The molecule has 0 aromatic carbocycles. The molecule has 5 nitrogen and oxygen atoms in total. The van der Waals surface area contributed by atoms with Crippen LogP contribution in [0.15, 0.2) is 35.7 Å². The van der Waals surface area contributed by atoms with Gasteiger partial charge in [-0.1, -0.05) is 23.3 Å². The van der Waals surface area contributed by atoms with Crippen LogP contribution in [0, 0.1) is 0 Å². The predicted octanol–water partition coefficient (Wildman–Crippen LogP) is 2.94. The normalized spacial score (nSPS) is 11.0. The molecule has 0 spiro atoms. The second-order valence-corrected chi connectivity index (χ2v) is 5.13. The largest absolute Gasteiger partial charge is 0.357 e. The summed E-state index contributed by atoms with van der Waals surface area (Å²) in [5.41, 5.74) is 3.07. The average molecular weight is 288 g/mol. The fourth-order valence-corrected chi connectivity index (χ4v) is 1.68. The Hall–Kier alpha value is -2.17. The second-order valence-electron chi connectivity index (χ2n) is 5.13. The molecule has 0 atom stereocenters. The average Bonchev–Trinajstić information content (AvgIpc) is 2.46. The van der Waals surface area contributed by atoms with Gasteiger partial charge >= 0.3 is 0 Å². The number of carbonyl (C=O) groups excluding carboxylic acids is 1. The number of hydrogen-bond acceptors (Lipinski definition) is 4. The van der Waals surface area contributed by atoms with Gasteiger partial charge in [-0.05, 0) is 33.6 Å². The number of nitrogens with zero attached hydrogens (tertiary/aromatic N) is 2. The van der Waals surface area contributed by atoms with Gasteiger partial charge in [0.15, 0.2) is 0 Å². The maximum Gasteiger partial charge on any atom is 0.254 e. The van der Waals surface area contributed by atoms with Gasteiger partial charge in [-0.25, -0.2) is 9.97 Å². The maximum absolute atomic E-state index is 11.9. The van der Waals surface area contributed by atoms with E-state index in [4.69, 9.17) is 0 Å². The van der Waals surface area contributed by atoms with Crippen molar-refractivity contribution in [1.82, 2.24) is 15.3 Å². The first-order chi connectivity index (χ1) is 10.0. The number of rotatable bonds is 7. The molecule has 0 saturated carbocycles. The van der Waals surface area contributed by atoms with E-state index < -0.39 is 0 Å². The first-order valence-electron chi connectivity index (χ1n) is 7.10. The van der Waals surface area contributed by atoms with E-state index in [1.165, 1.54) is 23.5 Å². The summed E-state index contributed by atoms with van der Waals surface area (Å²) in [7, 11) is 1.73. The molecule has 0 radical (unpaired) electrons. The minimum Gasteiger partial charge on any atom is -0.357 e. The smallest absolute Gasteiger partial charge is 0.254 e. The zero-order chi connectivity index (χ0) is 15.7. The van der Waals surface area contributed by atoms with Crippen molar-refractivity contribution in [3.63, 3.8) is 0 Å². The van der Waals surface area contributed by atoms with Gasteiger partial charge in [-0.2, -0.15) is 0 Å². The summed E-state index contributed by atoms with van der Waals surface area (Å²) in [6, 6.07) is 0. The SMILES string of the molecule is CNc1ncc(C(=O)NCC=C(C)CCC=C(C)C)cn1. The van der Waals surface area contributed by atoms with Gasteiger partial charge < -0.3 is 10.6 Å². The molecule has 1 amide bonds. The molecule has 21 heavy (non-hydrogen) atoms. The monoisotopic (exact) mass is 288 g/mol. The van der Waals surface area contributed by atoms with Crippen molar-refractivity contribution in [2.45, 2.75) is 33.6 Å². The van der Waals surface area contributed by atoms with Crippen LogP contribution < -0.4 is 10.6 Å². The molecule has 0 fully saturated rings. The molecule has 1 aromatic rings. The number of hydrogen-bond donors (Lipinski definition) is 2. The van der Waals surface area contributed by atoms with Gasteiger partial charge in [0.25, 0.3) is 5.91 Å². The molecular weight excluding hydrogens is 264 g/mol. The van der Waals surface area contributed by atoms with Crippen molar-refractivity contribution in [2.24, 2.45) is 0 Å². The topological polar surface area (TPSA) is 66.9 Å². The fraction of sp³-hybridized carbons (Fsp3) is 0.438. The Kier molecular flexibility index (Phi) is 7.15. The second kappa shape index (κ2) is 8.89. The summed E-state index contributed by atoms with van der Waals surface area (Å²) in [6.45, 7) is 6.80. The number of nitrogens with one attached hydrogen (secondary N) is 2. The molecule has 1 aromatic heterocycles. The minimum absolute atomic E-state index is 0.161. The van der Waals surface area contributed by atoms with E-state index in [0.717, 1.165) is 12.8 Å². The highest BCUT2D eigenvalue weighted by atomic mass is 16.1. The van der Waals surface area contributed by atoms with E-state index in [2.05, 4.69) is 47.4 Å². The van der Waals surface area contributed by atoms with E-state index in [-0.39, 0.29) is 5.91 Å². The number of amides is 1. The van der Waals surface area contributed by atoms with Gasteiger partial charge in [0.1, 0.15) is 0 Å². The van der Waals surface area contributed by atoms with E-state index in [1.54, 1.807) is 7.05 Å². The van der Waals surface area contributed by atoms with Crippen molar-refractivity contribution >= 4 is 11.9 Å². The van der Waals surface area contributed by atoms with Crippen LogP contribution in [-0.4, -0.2) is 29.5 Å². The third-order valence-electron chi connectivity index (χ3n) is 2.94. The molecule has 5 heteroatoms. The molecule has 0 unspecified atom stereocenters. The third-order valence-corrected chi connectivity index (χ3v) is 2.94. The van der Waals surface area contributed by atoms with Crippen LogP contribution in [0.5, 0.6) is 0 Å². The zero-order valence-corrected chi connectivity index (χ0v) is 13.2. The van der Waals surface area contributed by atoms with Gasteiger partial charge in [0.05, 0.1) is 5.56 Å². The first-order valence-corrected chi connectivity index (χ1v) is 7.10. The van der Waals surface area contributed by atoms with Crippen molar-refractivity contribution in [1.29, 1.82) is 0 Å². The molecule has 0 aliphatic rings. The molecule has 114 valence electrons. The van der Waals surface area contributed by atoms with E-state index in [1.807, 2.05) is 6.08 Å². The molecule has 0 saturated heterocycles. The van der Waals surface area contributed by atoms with Crippen LogP contribution in [0.3, 0.4) is 0 Å². The Bertz CT molecular complexity index is 514. The number of aromatic nitrogens is 2. The van der Waals surface area contributed by atoms with Gasteiger partial charge in [-0.15, -0.1) is 0 Å². The van der Waals surface area contributed by atoms with Gasteiger partial charge in [0, 0.05) is 26.0 Å². The lowest BCUT2D eigenvalue weighted by Gasteiger charge is -2.04. The minimum atomic E-state index is -0.161. The van der Waals surface area contributed by atoms with Crippen molar-refractivity contribution in [3.05, 3.63) is 41.3 Å². The molecule has 0 aliphatic carbocycles. The summed E-state index contributed by atoms with van der Waals surface area (Å²) in [6.07, 6.45) is 9.34. The lowest BCUT2D eigenvalue weighted by molar-refractivity contribution is 0.0957. The Labute approximate surface area is 126 Å². The predicted molar refractivity (Wildman–Crippen MR) is 86.3 cm³/mol. The summed E-state index contributed by atoms with van der Waals surface area (Å²) < 4.78 is 0. The van der Waals surface area contributed by atoms with Crippen LogP contribution in [0.25, 0.3) is 0 Å². The van der Waals surface area contributed by atoms with E-state index >= 15 is 0 Å². The Balaban J connectivity index is 2.39. The summed E-state index contributed by atoms with van der Waals surface area (Å²) in [5, 5.41) is 5.65. The lowest BCUT2D eigenvalue weighted by Crippen LogP contribution is -2.24. The molecule has 1 heterocycles. The molecule has 0 aliphatic heterocycles. The Morgan fingerprint density at radius 1 is 1.19 bits per heavy atom. The molecule has 2 N–H and O–H groups in total. The van der Waals surface area contributed by atoms with Crippen LogP contribution in [0.4, 0.5) is 5.95 Å². The lowest BCUT2D eigenvalue weighted by atomic mass is 10.1. The van der Waals surface area contributed by atoms with Crippen molar-refractivity contribution < 1.29 is 4.79 Å². The quantitative estimate of drug-likeness (QED) is 0.757. The van der Waals surface area contributed by atoms with Crippen LogP contribution in [0.1, 0.15) is 44.0 Å². The number of allylic oxidation sites excluding steroid dienone is 3. The van der Waals surface area contributed by atoms with Crippen LogP contribution >= 0.6 is 0 Å². The summed E-state index contributed by atoms with van der Waals surface area (Å²) in [4.78, 5) is 19.9. The van der Waals surface area contributed by atoms with E-state index in [0.29, 0.717) is 18.1 Å². The zero-order valence-electron chi connectivity index (χ0n) is 13.2. The highest BCUT2D eigenvalue weighted by molar-refractivity contribution is 5.93. The highest BCUT2D eigenvalue weighted by Crippen LogP contribution is 2.06. The Morgan fingerprint density at radius 2 is 1.86 bits per heavy atom. The first kappa shape index (κ1) is 16.9. The fourth-order valence-electron chi connectivity index (χ4n) is 1.68. The van der Waals surface area contributed by atoms with Crippen molar-refractivity contribution in [3.8, 4) is 0 Å². The third kappa shape index (κ3) is 6.70. The maximum atomic E-state index is 11.9. The highest BCUT2D eigenvalue weighted by Gasteiger charge is 2.05. The van der Waals surface area contributed by atoms with Crippen molar-refractivity contribution in [2.75, 3.05) is 18.9 Å². The summed E-state index contributed by atoms with van der Waals surface area (Å²) >= 11 is 0. The van der Waals surface area contributed by atoms with Crippen LogP contribution in [0.2, 0.25) is 0 Å². The Morgan fingerprint density at radius 3 is 2.43 bits per heavy atom. The van der Waals surface area contributed by atoms with Crippen LogP contribution in [-0.2, 0) is 0 Å². The molecule has 0 bridgehead atoms. The summed E-state index contributed by atoms with van der Waals surface area (Å²) in [5.74, 6) is 0.340. The standard InChI is InChI=1S/C16H24N4O/c1-12(2)6-5-7-13(3)8-9-18-15(21)14-10-19-16(17-4)20-11-14/h6,8,10-11H,5,7,9H2,1-4H3,(H,18,21)(H,17,19,20). The number of carbonyl (C=O) groups is 1. The molecule has 1 rings (SSSR count). The van der Waals surface area contributed by atoms with E-state index in [9.17, 15) is 4.79 Å². The molecular formula is C16H24N4O. The van der Waals surface area contributed by atoms with Gasteiger partial charge in [0.2, 0.25) is 5.95 Å². The number of anilines is 1. The van der Waals surface area contributed by atoms with Gasteiger partial charge in [-0.3, -0.25) is 4.79 Å².